The lowest BCUT2D eigenvalue weighted by Crippen LogP contribution is -2.62. The van der Waals surface area contributed by atoms with Crippen LogP contribution in [0.2, 0.25) is 0 Å². The molecule has 8 saturated carbocycles. The van der Waals surface area contributed by atoms with E-state index in [4.69, 9.17) is 0 Å². The minimum Gasteiger partial charge on any atom is -0.393 e. The number of aliphatic hydroxyl groups excluding tert-OH is 6. The maximum absolute atomic E-state index is 13.9. The van der Waals surface area contributed by atoms with Crippen molar-refractivity contribution in [3.05, 3.63) is 35.4 Å². The number of amides is 2. The van der Waals surface area contributed by atoms with Crippen LogP contribution in [0.3, 0.4) is 0 Å². The van der Waals surface area contributed by atoms with Crippen LogP contribution in [0.5, 0.6) is 0 Å². The summed E-state index contributed by atoms with van der Waals surface area (Å²) in [5.74, 6) is 0.830. The third kappa shape index (κ3) is 6.98. The smallest absolute Gasteiger partial charge is 0.223 e. The van der Waals surface area contributed by atoms with Crippen molar-refractivity contribution in [2.24, 2.45) is 92.7 Å². The summed E-state index contributed by atoms with van der Waals surface area (Å²) in [5.41, 5.74) is 1.00. The van der Waals surface area contributed by atoms with Gasteiger partial charge in [-0.05, 0) is 171 Å². The molecule has 346 valence electrons. The van der Waals surface area contributed by atoms with Gasteiger partial charge in [-0.1, -0.05) is 65.8 Å². The second kappa shape index (κ2) is 16.4. The Balaban J connectivity index is 0.799. The number of hydrogen-bond donors (Lipinski definition) is 8. The van der Waals surface area contributed by atoms with E-state index >= 15 is 0 Å². The molecule has 8 fully saturated rings. The van der Waals surface area contributed by atoms with Gasteiger partial charge in [0.25, 0.3) is 0 Å². The van der Waals surface area contributed by atoms with E-state index in [0.717, 1.165) is 75.3 Å². The first-order chi connectivity index (χ1) is 29.3. The zero-order valence-electron chi connectivity index (χ0n) is 38.5. The van der Waals surface area contributed by atoms with E-state index in [9.17, 15) is 40.2 Å². The summed E-state index contributed by atoms with van der Waals surface area (Å²) in [6, 6.07) is 7.99. The Morgan fingerprint density at radius 2 is 0.984 bits per heavy atom. The van der Waals surface area contributed by atoms with Crippen LogP contribution in [0, 0.1) is 92.7 Å². The normalized spacial score (nSPS) is 50.4. The summed E-state index contributed by atoms with van der Waals surface area (Å²) in [6.07, 6.45) is 8.55. The minimum absolute atomic E-state index is 0.00158. The molecule has 1 aromatic carbocycles. The Bertz CT molecular complexity index is 1720. The number of benzene rings is 1. The molecule has 8 aliphatic rings. The Morgan fingerprint density at radius 3 is 1.39 bits per heavy atom. The van der Waals surface area contributed by atoms with Gasteiger partial charge in [0.15, 0.2) is 0 Å². The maximum Gasteiger partial charge on any atom is 0.223 e. The van der Waals surface area contributed by atoms with E-state index in [-0.39, 0.29) is 106 Å². The van der Waals surface area contributed by atoms with Crippen LogP contribution < -0.4 is 10.6 Å². The molecule has 0 heterocycles. The second-order valence-corrected chi connectivity index (χ2v) is 23.9. The molecule has 0 spiro atoms. The molecule has 8 aliphatic carbocycles. The van der Waals surface area contributed by atoms with Gasteiger partial charge in [-0.2, -0.15) is 0 Å². The zero-order valence-corrected chi connectivity index (χ0v) is 38.5. The van der Waals surface area contributed by atoms with Gasteiger partial charge in [0.1, 0.15) is 0 Å². The van der Waals surface area contributed by atoms with Crippen molar-refractivity contribution >= 4 is 11.8 Å². The number of carbonyl (C=O) groups excluding carboxylic acids is 2. The quantitative estimate of drug-likeness (QED) is 0.154. The fraction of sp³-hybridized carbons (Fsp3) is 0.846. The topological polar surface area (TPSA) is 180 Å². The summed E-state index contributed by atoms with van der Waals surface area (Å²) < 4.78 is 0. The van der Waals surface area contributed by atoms with Gasteiger partial charge < -0.3 is 41.3 Å². The number of rotatable bonds is 8. The number of nitrogens with one attached hydrogen (secondary N) is 2. The van der Waals surface area contributed by atoms with Crippen LogP contribution in [0.15, 0.2) is 24.3 Å². The molecule has 0 unspecified atom stereocenters. The standard InChI is InChI=1S/C52H80N2O8/c1-27(35-10-12-37-45-39(23-43(59)51(35,37)5)49(3)16-14-33(55)19-31(49)21-41(45)57)47(61)53-25-29-8-7-9-30(18-29)26-54-48(62)28(2)36-11-13-38-46-40(24-44(60)52(36,38)6)50(4)17-15-34(56)20-32(50)22-42(46)58/h7-9,18,27-28,31-46,55-60H,10-17,19-26H2,1-6H3,(H,53,61)(H,54,62)/t27-,28-,31-,32-,33+,34+,35+,36+,37-,38-,39-,40-,41+,42+,43-,44-,45-,46-,49-,50-,51+,52+/m0/s1. The Labute approximate surface area is 370 Å². The highest BCUT2D eigenvalue weighted by Gasteiger charge is 2.68. The van der Waals surface area contributed by atoms with Crippen LogP contribution in [0.4, 0.5) is 0 Å². The van der Waals surface area contributed by atoms with Gasteiger partial charge in [-0.25, -0.2) is 0 Å². The fourth-order valence-corrected chi connectivity index (χ4v) is 18.0. The summed E-state index contributed by atoms with van der Waals surface area (Å²) in [4.78, 5) is 27.8. The highest BCUT2D eigenvalue weighted by molar-refractivity contribution is 5.79. The molecular weight excluding hydrogens is 781 g/mol. The largest absolute Gasteiger partial charge is 0.393 e. The average molecular weight is 861 g/mol. The first-order valence-electron chi connectivity index (χ1n) is 25.0. The van der Waals surface area contributed by atoms with Crippen molar-refractivity contribution in [1.29, 1.82) is 0 Å². The van der Waals surface area contributed by atoms with Crippen molar-refractivity contribution in [3.63, 3.8) is 0 Å². The number of aliphatic hydroxyl groups is 6. The summed E-state index contributed by atoms with van der Waals surface area (Å²) >= 11 is 0. The molecule has 0 bridgehead atoms. The number of fused-ring (bicyclic) bond motifs is 10. The van der Waals surface area contributed by atoms with Crippen molar-refractivity contribution in [3.8, 4) is 0 Å². The molecular formula is C52H80N2O8. The van der Waals surface area contributed by atoms with E-state index in [2.05, 4.69) is 38.3 Å². The van der Waals surface area contributed by atoms with Crippen LogP contribution in [0.1, 0.15) is 143 Å². The molecule has 9 rings (SSSR count). The molecule has 8 N–H and O–H groups in total. The predicted octanol–water partition coefficient (Wildman–Crippen LogP) is 6.11. The third-order valence-corrected chi connectivity index (χ3v) is 21.6. The van der Waals surface area contributed by atoms with Gasteiger partial charge in [0.2, 0.25) is 11.8 Å². The fourth-order valence-electron chi connectivity index (χ4n) is 18.0. The summed E-state index contributed by atoms with van der Waals surface area (Å²) in [5, 5.41) is 74.7. The van der Waals surface area contributed by atoms with Gasteiger partial charge in [-0.15, -0.1) is 0 Å². The van der Waals surface area contributed by atoms with Gasteiger partial charge in [0.05, 0.1) is 36.6 Å². The predicted molar refractivity (Wildman–Crippen MR) is 236 cm³/mol. The molecule has 0 aliphatic heterocycles. The Morgan fingerprint density at radius 1 is 0.581 bits per heavy atom. The van der Waals surface area contributed by atoms with Crippen LogP contribution in [-0.2, 0) is 22.7 Å². The van der Waals surface area contributed by atoms with E-state index in [1.807, 2.05) is 38.1 Å². The number of carbonyl (C=O) groups is 2. The van der Waals surface area contributed by atoms with Gasteiger partial charge in [0, 0.05) is 35.8 Å². The van der Waals surface area contributed by atoms with E-state index in [1.54, 1.807) is 0 Å². The lowest BCUT2D eigenvalue weighted by atomic mass is 9.43. The van der Waals surface area contributed by atoms with Crippen LogP contribution in [-0.4, -0.2) is 79.1 Å². The second-order valence-electron chi connectivity index (χ2n) is 23.9. The molecule has 10 heteroatoms. The summed E-state index contributed by atoms with van der Waals surface area (Å²) in [6.45, 7) is 13.8. The minimum atomic E-state index is -0.548. The monoisotopic (exact) mass is 861 g/mol. The van der Waals surface area contributed by atoms with Crippen molar-refractivity contribution in [1.82, 2.24) is 10.6 Å². The van der Waals surface area contributed by atoms with Crippen molar-refractivity contribution < 1.29 is 40.2 Å². The van der Waals surface area contributed by atoms with Gasteiger partial charge in [-0.3, -0.25) is 9.59 Å². The molecule has 0 aromatic heterocycles. The van der Waals surface area contributed by atoms with Gasteiger partial charge >= 0.3 is 0 Å². The van der Waals surface area contributed by atoms with E-state index in [1.165, 1.54) is 0 Å². The SMILES string of the molecule is C[C@H](C(=O)NCc1cccc(CNC(=O)[C@@H](C)[C@H]2CC[C@H]3[C@@H]4[C@H](O)C[C@@H]5C[C@H](O)CC[C@]5(C)[C@H]4C[C@H](O)[C@]23C)c1)[C@H]1CC[C@H]2[C@@H]3[C@H](O)C[C@@H]4C[C@H](O)CC[C@]4(C)[C@H]3C[C@H](O)[C@]12C. The highest BCUT2D eigenvalue weighted by atomic mass is 16.3. The molecule has 10 nitrogen and oxygen atoms in total. The zero-order chi connectivity index (χ0) is 44.3. The van der Waals surface area contributed by atoms with Crippen molar-refractivity contribution in [2.45, 2.75) is 181 Å². The molecule has 1 aromatic rings. The van der Waals surface area contributed by atoms with E-state index in [0.29, 0.717) is 38.8 Å². The Kier molecular flexibility index (Phi) is 11.9. The molecule has 22 atom stereocenters. The molecule has 0 saturated heterocycles. The maximum atomic E-state index is 13.9. The average Bonchev–Trinajstić information content (AvgIpc) is 3.79. The molecule has 62 heavy (non-hydrogen) atoms. The highest BCUT2D eigenvalue weighted by Crippen LogP contribution is 2.70. The van der Waals surface area contributed by atoms with Crippen molar-refractivity contribution in [2.75, 3.05) is 0 Å². The lowest BCUT2D eigenvalue weighted by molar-refractivity contribution is -0.207. The van der Waals surface area contributed by atoms with Crippen LogP contribution in [0.25, 0.3) is 0 Å². The number of hydrogen-bond acceptors (Lipinski definition) is 8. The Hall–Kier alpha value is -2.08. The van der Waals surface area contributed by atoms with E-state index < -0.39 is 35.2 Å². The van der Waals surface area contributed by atoms with Crippen LogP contribution >= 0.6 is 0 Å². The first kappa shape index (κ1) is 45.1. The summed E-state index contributed by atoms with van der Waals surface area (Å²) in [7, 11) is 0. The first-order valence-corrected chi connectivity index (χ1v) is 25.0. The molecule has 2 amide bonds. The third-order valence-electron chi connectivity index (χ3n) is 21.6. The lowest BCUT2D eigenvalue weighted by Gasteiger charge is -2.63. The molecule has 0 radical (unpaired) electrons.